The Morgan fingerprint density at radius 2 is 1.55 bits per heavy atom. The van der Waals surface area contributed by atoms with Crippen LogP contribution in [0.2, 0.25) is 0 Å². The molecule has 0 saturated heterocycles. The van der Waals surface area contributed by atoms with E-state index < -0.39 is 34.9 Å². The summed E-state index contributed by atoms with van der Waals surface area (Å²) in [6, 6.07) is 6.61. The standard InChI is InChI=1S/C23H23F5O/c1-2-3-4-15-5-7-16(8-6-15)17-9-11-18(12-10-17)23(27,28)29-19-13-20(24)22(26)21(25)14-19/h2-3,9-16H,4-8H2,1H3. The number of halogens is 5. The van der Waals surface area contributed by atoms with Crippen molar-refractivity contribution in [3.63, 3.8) is 0 Å². The van der Waals surface area contributed by atoms with E-state index in [9.17, 15) is 22.0 Å². The van der Waals surface area contributed by atoms with Gasteiger partial charge in [0.15, 0.2) is 17.5 Å². The second-order valence-electron chi connectivity index (χ2n) is 7.46. The van der Waals surface area contributed by atoms with Gasteiger partial charge in [0, 0.05) is 12.1 Å². The molecule has 0 unspecified atom stereocenters. The molecule has 3 rings (SSSR count). The first-order chi connectivity index (χ1) is 13.8. The van der Waals surface area contributed by atoms with Gasteiger partial charge in [-0.1, -0.05) is 24.3 Å². The number of hydrogen-bond acceptors (Lipinski definition) is 1. The number of hydrogen-bond donors (Lipinski definition) is 0. The molecular weight excluding hydrogens is 387 g/mol. The summed E-state index contributed by atoms with van der Waals surface area (Å²) >= 11 is 0. The Morgan fingerprint density at radius 3 is 2.10 bits per heavy atom. The van der Waals surface area contributed by atoms with E-state index >= 15 is 0 Å². The van der Waals surface area contributed by atoms with Gasteiger partial charge in [0.2, 0.25) is 0 Å². The highest BCUT2D eigenvalue weighted by Crippen LogP contribution is 2.39. The fourth-order valence-corrected chi connectivity index (χ4v) is 3.81. The quantitative estimate of drug-likeness (QED) is 0.273. The van der Waals surface area contributed by atoms with Crippen LogP contribution in [0.25, 0.3) is 0 Å². The van der Waals surface area contributed by atoms with Crippen LogP contribution < -0.4 is 4.74 Å². The van der Waals surface area contributed by atoms with Crippen molar-refractivity contribution in [2.75, 3.05) is 0 Å². The first-order valence-electron chi connectivity index (χ1n) is 9.73. The molecule has 29 heavy (non-hydrogen) atoms. The zero-order valence-corrected chi connectivity index (χ0v) is 16.1. The topological polar surface area (TPSA) is 9.23 Å². The second-order valence-corrected chi connectivity index (χ2v) is 7.46. The smallest absolute Gasteiger partial charge is 0.426 e. The van der Waals surface area contributed by atoms with Gasteiger partial charge in [-0.2, -0.15) is 8.78 Å². The fraction of sp³-hybridized carbons (Fsp3) is 0.391. The zero-order chi connectivity index (χ0) is 21.0. The summed E-state index contributed by atoms with van der Waals surface area (Å²) in [5.41, 5.74) is 0.557. The molecule has 2 aromatic rings. The normalized spacial score (nSPS) is 20.2. The van der Waals surface area contributed by atoms with Gasteiger partial charge in [-0.25, -0.2) is 13.2 Å². The van der Waals surface area contributed by atoms with Crippen LogP contribution in [0.5, 0.6) is 5.75 Å². The SMILES string of the molecule is CC=CCC1CCC(c2ccc(C(F)(F)Oc3cc(F)c(F)c(F)c3)cc2)CC1. The molecule has 0 heterocycles. The molecule has 2 aromatic carbocycles. The summed E-state index contributed by atoms with van der Waals surface area (Å²) in [6.45, 7) is 2.01. The highest BCUT2D eigenvalue weighted by atomic mass is 19.3. The number of benzene rings is 2. The second kappa shape index (κ2) is 8.97. The van der Waals surface area contributed by atoms with Crippen molar-refractivity contribution < 1.29 is 26.7 Å². The van der Waals surface area contributed by atoms with E-state index in [0.29, 0.717) is 24.0 Å². The number of allylic oxidation sites excluding steroid dienone is 2. The molecule has 6 heteroatoms. The third-order valence-electron chi connectivity index (χ3n) is 5.47. The van der Waals surface area contributed by atoms with Crippen molar-refractivity contribution in [1.82, 2.24) is 0 Å². The van der Waals surface area contributed by atoms with Crippen LogP contribution in [0.3, 0.4) is 0 Å². The molecule has 1 nitrogen and oxygen atoms in total. The molecular formula is C23H23F5O. The molecule has 0 spiro atoms. The lowest BCUT2D eigenvalue weighted by Gasteiger charge is -2.28. The maximum atomic E-state index is 14.4. The van der Waals surface area contributed by atoms with E-state index in [0.717, 1.165) is 37.7 Å². The molecule has 0 atom stereocenters. The van der Waals surface area contributed by atoms with E-state index in [1.54, 1.807) is 12.1 Å². The van der Waals surface area contributed by atoms with Crippen LogP contribution in [-0.4, -0.2) is 0 Å². The minimum absolute atomic E-state index is 0.334. The number of ether oxygens (including phenoxy) is 1. The van der Waals surface area contributed by atoms with Crippen molar-refractivity contribution in [2.24, 2.45) is 5.92 Å². The number of rotatable bonds is 6. The lowest BCUT2D eigenvalue weighted by atomic mass is 9.77. The minimum Gasteiger partial charge on any atom is -0.429 e. The Balaban J connectivity index is 1.66. The first kappa shape index (κ1) is 21.3. The third kappa shape index (κ3) is 5.17. The lowest BCUT2D eigenvalue weighted by Crippen LogP contribution is -2.22. The molecule has 1 aliphatic carbocycles. The van der Waals surface area contributed by atoms with Crippen LogP contribution in [0.4, 0.5) is 22.0 Å². The Hall–Kier alpha value is -2.37. The third-order valence-corrected chi connectivity index (χ3v) is 5.47. The van der Waals surface area contributed by atoms with E-state index in [1.165, 1.54) is 12.1 Å². The molecule has 1 fully saturated rings. The Kier molecular flexibility index (Phi) is 6.60. The van der Waals surface area contributed by atoms with E-state index in [1.807, 2.05) is 6.92 Å². The molecule has 1 aliphatic rings. The summed E-state index contributed by atoms with van der Waals surface area (Å²) in [7, 11) is 0. The van der Waals surface area contributed by atoms with Gasteiger partial charge in [0.1, 0.15) is 5.75 Å². The van der Waals surface area contributed by atoms with Crippen molar-refractivity contribution in [3.05, 3.63) is 77.1 Å². The summed E-state index contributed by atoms with van der Waals surface area (Å²) in [4.78, 5) is 0. The molecule has 0 N–H and O–H groups in total. The molecule has 0 aromatic heterocycles. The van der Waals surface area contributed by atoms with Gasteiger partial charge < -0.3 is 4.74 Å². The van der Waals surface area contributed by atoms with Crippen molar-refractivity contribution in [2.45, 2.75) is 51.1 Å². The first-order valence-corrected chi connectivity index (χ1v) is 9.73. The van der Waals surface area contributed by atoms with E-state index in [4.69, 9.17) is 0 Å². The highest BCUT2D eigenvalue weighted by Gasteiger charge is 2.35. The fourth-order valence-electron chi connectivity index (χ4n) is 3.81. The van der Waals surface area contributed by atoms with Crippen molar-refractivity contribution >= 4 is 0 Å². The summed E-state index contributed by atoms with van der Waals surface area (Å²) in [6.07, 6.45) is 5.76. The molecule has 0 amide bonds. The van der Waals surface area contributed by atoms with Gasteiger partial charge in [-0.3, -0.25) is 0 Å². The van der Waals surface area contributed by atoms with Gasteiger partial charge in [0.25, 0.3) is 0 Å². The average Bonchev–Trinajstić information content (AvgIpc) is 2.70. The van der Waals surface area contributed by atoms with Crippen molar-refractivity contribution in [1.29, 1.82) is 0 Å². The Bertz CT molecular complexity index is 829. The van der Waals surface area contributed by atoms with Gasteiger partial charge >= 0.3 is 6.11 Å². The largest absolute Gasteiger partial charge is 0.429 e. The van der Waals surface area contributed by atoms with Crippen molar-refractivity contribution in [3.8, 4) is 5.75 Å². The predicted octanol–water partition coefficient (Wildman–Crippen LogP) is 7.47. The molecule has 0 bridgehead atoms. The molecule has 0 aliphatic heterocycles. The molecule has 1 saturated carbocycles. The average molecular weight is 410 g/mol. The Morgan fingerprint density at radius 1 is 0.966 bits per heavy atom. The van der Waals surface area contributed by atoms with Crippen LogP contribution in [0, 0.1) is 23.4 Å². The monoisotopic (exact) mass is 410 g/mol. The van der Waals surface area contributed by atoms with E-state index in [2.05, 4.69) is 16.9 Å². The number of alkyl halides is 2. The Labute approximate surface area is 167 Å². The maximum absolute atomic E-state index is 14.4. The van der Waals surface area contributed by atoms with Crippen LogP contribution in [0.15, 0.2) is 48.6 Å². The van der Waals surface area contributed by atoms with E-state index in [-0.39, 0.29) is 0 Å². The minimum atomic E-state index is -3.81. The predicted molar refractivity (Wildman–Crippen MR) is 101 cm³/mol. The molecule has 156 valence electrons. The highest BCUT2D eigenvalue weighted by molar-refractivity contribution is 5.30. The van der Waals surface area contributed by atoms with Gasteiger partial charge in [0.05, 0.1) is 5.56 Å². The van der Waals surface area contributed by atoms with Gasteiger partial charge in [-0.15, -0.1) is 0 Å². The van der Waals surface area contributed by atoms with Gasteiger partial charge in [-0.05, 0) is 68.6 Å². The van der Waals surface area contributed by atoms with Crippen LogP contribution in [0.1, 0.15) is 56.1 Å². The maximum Gasteiger partial charge on any atom is 0.426 e. The summed E-state index contributed by atoms with van der Waals surface area (Å²) in [5, 5.41) is 0. The van der Waals surface area contributed by atoms with Crippen LogP contribution in [-0.2, 0) is 6.11 Å². The zero-order valence-electron chi connectivity index (χ0n) is 16.1. The lowest BCUT2D eigenvalue weighted by molar-refractivity contribution is -0.185. The molecule has 0 radical (unpaired) electrons. The summed E-state index contributed by atoms with van der Waals surface area (Å²) < 4.78 is 72.7. The van der Waals surface area contributed by atoms with Crippen LogP contribution >= 0.6 is 0 Å². The summed E-state index contributed by atoms with van der Waals surface area (Å²) in [5.74, 6) is -4.68.